The number of ether oxygens (including phenoxy) is 1. The van der Waals surface area contributed by atoms with Gasteiger partial charge in [0.05, 0.1) is 16.3 Å². The Morgan fingerprint density at radius 2 is 2.00 bits per heavy atom. The number of hydrogen-bond donors (Lipinski definition) is 0. The Kier molecular flexibility index (Phi) is 5.12. The van der Waals surface area contributed by atoms with Crippen molar-refractivity contribution in [3.05, 3.63) is 59.1 Å². The molecule has 1 aliphatic rings. The van der Waals surface area contributed by atoms with Gasteiger partial charge in [-0.1, -0.05) is 38.1 Å². The van der Waals surface area contributed by atoms with Crippen LogP contribution in [0.5, 0.6) is 5.75 Å². The molecule has 27 heavy (non-hydrogen) atoms. The second-order valence-corrected chi connectivity index (χ2v) is 8.34. The lowest BCUT2D eigenvalue weighted by Crippen LogP contribution is -2.34. The zero-order chi connectivity index (χ0) is 18.8. The highest BCUT2D eigenvalue weighted by atomic mass is 32.1. The van der Waals surface area contributed by atoms with E-state index >= 15 is 0 Å². The number of carbonyl (C=O) groups is 1. The number of rotatable bonds is 5. The molecular formula is C22H24N2O2S. The summed E-state index contributed by atoms with van der Waals surface area (Å²) in [7, 11) is 0. The Bertz CT molecular complexity index is 900. The summed E-state index contributed by atoms with van der Waals surface area (Å²) >= 11 is 1.69. The van der Waals surface area contributed by atoms with Gasteiger partial charge >= 0.3 is 0 Å². The first-order valence-corrected chi connectivity index (χ1v) is 10.3. The fourth-order valence-electron chi connectivity index (χ4n) is 3.53. The highest BCUT2D eigenvalue weighted by Crippen LogP contribution is 2.36. The molecule has 1 amide bonds. The number of likely N-dealkylation sites (tertiary alicyclic amines) is 1. The third-order valence-electron chi connectivity index (χ3n) is 5.08. The van der Waals surface area contributed by atoms with Gasteiger partial charge in [-0.3, -0.25) is 4.79 Å². The molecule has 0 aliphatic carbocycles. The van der Waals surface area contributed by atoms with Gasteiger partial charge in [-0.2, -0.15) is 0 Å². The molecular weight excluding hydrogens is 356 g/mol. The van der Waals surface area contributed by atoms with Crippen molar-refractivity contribution in [2.75, 3.05) is 13.2 Å². The standard InChI is InChI=1S/C22H24N2O2S/c1-15(2)16-9-11-17(12-10-16)26-14-21(25)24-13-5-7-19(24)22-23-18-6-3-4-8-20(18)27-22/h3-4,6,8-12,15,19H,5,7,13-14H2,1-2H3. The molecule has 5 heteroatoms. The van der Waals surface area contributed by atoms with Crippen LogP contribution in [0.15, 0.2) is 48.5 Å². The van der Waals surface area contributed by atoms with E-state index in [1.165, 1.54) is 10.3 Å². The van der Waals surface area contributed by atoms with Crippen LogP contribution in [0.25, 0.3) is 10.2 Å². The number of benzene rings is 2. The first-order chi connectivity index (χ1) is 13.1. The smallest absolute Gasteiger partial charge is 0.261 e. The SMILES string of the molecule is CC(C)c1ccc(OCC(=O)N2CCCC2c2nc3ccccc3s2)cc1. The fraction of sp³-hybridized carbons (Fsp3) is 0.364. The van der Waals surface area contributed by atoms with Crippen molar-refractivity contribution in [2.45, 2.75) is 38.6 Å². The fourth-order valence-corrected chi connectivity index (χ4v) is 4.65. The van der Waals surface area contributed by atoms with E-state index in [1.54, 1.807) is 11.3 Å². The van der Waals surface area contributed by atoms with E-state index < -0.39 is 0 Å². The third-order valence-corrected chi connectivity index (χ3v) is 6.22. The second-order valence-electron chi connectivity index (χ2n) is 7.28. The Labute approximate surface area is 163 Å². The van der Waals surface area contributed by atoms with Crippen molar-refractivity contribution in [3.8, 4) is 5.75 Å². The van der Waals surface area contributed by atoms with E-state index in [9.17, 15) is 4.79 Å². The van der Waals surface area contributed by atoms with Gasteiger partial charge < -0.3 is 9.64 Å². The highest BCUT2D eigenvalue weighted by Gasteiger charge is 2.32. The Morgan fingerprint density at radius 1 is 1.22 bits per heavy atom. The van der Waals surface area contributed by atoms with Gasteiger partial charge in [0.15, 0.2) is 6.61 Å². The summed E-state index contributed by atoms with van der Waals surface area (Å²) in [5, 5.41) is 1.03. The molecule has 2 aromatic carbocycles. The minimum Gasteiger partial charge on any atom is -0.484 e. The lowest BCUT2D eigenvalue weighted by Gasteiger charge is -2.23. The average Bonchev–Trinajstić information content (AvgIpc) is 3.32. The summed E-state index contributed by atoms with van der Waals surface area (Å²) in [6, 6.07) is 16.2. The van der Waals surface area contributed by atoms with Crippen LogP contribution in [0.4, 0.5) is 0 Å². The van der Waals surface area contributed by atoms with Crippen LogP contribution in [-0.2, 0) is 4.79 Å². The lowest BCUT2D eigenvalue weighted by atomic mass is 10.0. The summed E-state index contributed by atoms with van der Waals surface area (Å²) in [6.07, 6.45) is 1.98. The first-order valence-electron chi connectivity index (χ1n) is 9.49. The molecule has 1 aromatic heterocycles. The Balaban J connectivity index is 1.43. The van der Waals surface area contributed by atoms with E-state index in [0.717, 1.165) is 35.7 Å². The quantitative estimate of drug-likeness (QED) is 0.614. The molecule has 0 N–H and O–H groups in total. The topological polar surface area (TPSA) is 42.4 Å². The maximum atomic E-state index is 12.8. The van der Waals surface area contributed by atoms with Crippen LogP contribution >= 0.6 is 11.3 Å². The zero-order valence-electron chi connectivity index (χ0n) is 15.7. The summed E-state index contributed by atoms with van der Waals surface area (Å²) in [6.45, 7) is 5.17. The molecule has 1 fully saturated rings. The van der Waals surface area contributed by atoms with Crippen LogP contribution in [0.3, 0.4) is 0 Å². The van der Waals surface area contributed by atoms with Crippen molar-refractivity contribution >= 4 is 27.5 Å². The van der Waals surface area contributed by atoms with E-state index in [2.05, 4.69) is 32.0 Å². The minimum atomic E-state index is 0.0321. The largest absolute Gasteiger partial charge is 0.484 e. The number of nitrogens with zero attached hydrogens (tertiary/aromatic N) is 2. The van der Waals surface area contributed by atoms with Crippen LogP contribution in [0, 0.1) is 0 Å². The molecule has 0 spiro atoms. The molecule has 0 bridgehead atoms. The lowest BCUT2D eigenvalue weighted by molar-refractivity contribution is -0.134. The summed E-state index contributed by atoms with van der Waals surface area (Å²) < 4.78 is 6.92. The average molecular weight is 381 g/mol. The molecule has 1 atom stereocenters. The van der Waals surface area contributed by atoms with Gasteiger partial charge in [0, 0.05) is 6.54 Å². The molecule has 3 aromatic rings. The monoisotopic (exact) mass is 380 g/mol. The van der Waals surface area contributed by atoms with Crippen molar-refractivity contribution in [1.29, 1.82) is 0 Å². The van der Waals surface area contributed by atoms with Crippen LogP contribution < -0.4 is 4.74 Å². The molecule has 1 unspecified atom stereocenters. The van der Waals surface area contributed by atoms with Crippen LogP contribution in [0.1, 0.15) is 49.2 Å². The number of carbonyl (C=O) groups excluding carboxylic acids is 1. The maximum absolute atomic E-state index is 12.8. The highest BCUT2D eigenvalue weighted by molar-refractivity contribution is 7.18. The van der Waals surface area contributed by atoms with Crippen molar-refractivity contribution < 1.29 is 9.53 Å². The van der Waals surface area contributed by atoms with Gasteiger partial charge in [0.1, 0.15) is 10.8 Å². The molecule has 0 saturated carbocycles. The predicted molar refractivity (Wildman–Crippen MR) is 109 cm³/mol. The molecule has 1 saturated heterocycles. The predicted octanol–water partition coefficient (Wildman–Crippen LogP) is 5.16. The molecule has 0 radical (unpaired) electrons. The van der Waals surface area contributed by atoms with Gasteiger partial charge in [-0.15, -0.1) is 11.3 Å². The zero-order valence-corrected chi connectivity index (χ0v) is 16.5. The normalized spacial score (nSPS) is 17.0. The minimum absolute atomic E-state index is 0.0321. The molecule has 4 nitrogen and oxygen atoms in total. The van der Waals surface area contributed by atoms with Crippen LogP contribution in [0.2, 0.25) is 0 Å². The number of hydrogen-bond acceptors (Lipinski definition) is 4. The Hall–Kier alpha value is -2.40. The van der Waals surface area contributed by atoms with E-state index in [-0.39, 0.29) is 18.6 Å². The number of thiazole rings is 1. The molecule has 140 valence electrons. The van der Waals surface area contributed by atoms with E-state index in [1.807, 2.05) is 35.2 Å². The van der Waals surface area contributed by atoms with Crippen molar-refractivity contribution in [1.82, 2.24) is 9.88 Å². The van der Waals surface area contributed by atoms with E-state index in [4.69, 9.17) is 9.72 Å². The molecule has 1 aliphatic heterocycles. The number of fused-ring (bicyclic) bond motifs is 1. The second kappa shape index (κ2) is 7.69. The van der Waals surface area contributed by atoms with Crippen LogP contribution in [-0.4, -0.2) is 28.9 Å². The van der Waals surface area contributed by atoms with Gasteiger partial charge in [0.2, 0.25) is 0 Å². The number of para-hydroxylation sites is 1. The molecule has 2 heterocycles. The van der Waals surface area contributed by atoms with E-state index in [0.29, 0.717) is 5.92 Å². The van der Waals surface area contributed by atoms with Gasteiger partial charge in [0.25, 0.3) is 5.91 Å². The van der Waals surface area contributed by atoms with Gasteiger partial charge in [-0.05, 0) is 48.6 Å². The molecule has 4 rings (SSSR count). The number of aromatic nitrogens is 1. The third kappa shape index (κ3) is 3.83. The first kappa shape index (κ1) is 18.0. The maximum Gasteiger partial charge on any atom is 0.261 e. The number of amides is 1. The van der Waals surface area contributed by atoms with Crippen molar-refractivity contribution in [3.63, 3.8) is 0 Å². The summed E-state index contributed by atoms with van der Waals surface area (Å²) in [5.74, 6) is 1.26. The summed E-state index contributed by atoms with van der Waals surface area (Å²) in [5.41, 5.74) is 2.28. The van der Waals surface area contributed by atoms with Crippen molar-refractivity contribution in [2.24, 2.45) is 0 Å². The van der Waals surface area contributed by atoms with Gasteiger partial charge in [-0.25, -0.2) is 4.98 Å². The summed E-state index contributed by atoms with van der Waals surface area (Å²) in [4.78, 5) is 19.5. The Morgan fingerprint density at radius 3 is 2.74 bits per heavy atom.